The number of benzene rings is 1. The summed E-state index contributed by atoms with van der Waals surface area (Å²) in [6.45, 7) is 0. The molecule has 0 bridgehead atoms. The summed E-state index contributed by atoms with van der Waals surface area (Å²) in [5.41, 5.74) is 0.119. The predicted molar refractivity (Wildman–Crippen MR) is 50.7 cm³/mol. The third kappa shape index (κ3) is 1.67. The highest BCUT2D eigenvalue weighted by atomic mass is 35.5. The molecule has 0 aliphatic carbocycles. The van der Waals surface area contributed by atoms with E-state index in [1.807, 2.05) is 0 Å². The summed E-state index contributed by atoms with van der Waals surface area (Å²) in [6.07, 6.45) is -0.0771. The van der Waals surface area contributed by atoms with Crippen LogP contribution in [0.3, 0.4) is 0 Å². The molecule has 0 saturated heterocycles. The molecule has 1 aliphatic rings. The summed E-state index contributed by atoms with van der Waals surface area (Å²) < 4.78 is 26.5. The Hall–Kier alpha value is -0.280. The summed E-state index contributed by atoms with van der Waals surface area (Å²) in [6, 6.07) is 4.54. The molecule has 70 valence electrons. The Kier molecular flexibility index (Phi) is 2.24. The molecule has 0 nitrogen and oxygen atoms in total. The first-order valence-corrected chi connectivity index (χ1v) is 5.26. The standard InChI is InChI=1S/C9H7ClF2S/c10-6-1-2-7-8(5-6)13-4-3-9(7,11)12/h1-2,5H,3-4H2. The van der Waals surface area contributed by atoms with Gasteiger partial charge in [0.05, 0.1) is 0 Å². The fourth-order valence-electron chi connectivity index (χ4n) is 1.34. The van der Waals surface area contributed by atoms with E-state index in [1.54, 1.807) is 6.07 Å². The van der Waals surface area contributed by atoms with Crippen LogP contribution in [0.25, 0.3) is 0 Å². The van der Waals surface area contributed by atoms with Gasteiger partial charge in [0.25, 0.3) is 5.92 Å². The van der Waals surface area contributed by atoms with Crippen LogP contribution in [-0.4, -0.2) is 5.75 Å². The second-order valence-corrected chi connectivity index (χ2v) is 4.52. The van der Waals surface area contributed by atoms with Gasteiger partial charge in [-0.1, -0.05) is 17.7 Å². The van der Waals surface area contributed by atoms with Crippen molar-refractivity contribution >= 4 is 23.4 Å². The molecule has 0 aromatic heterocycles. The van der Waals surface area contributed by atoms with E-state index < -0.39 is 5.92 Å². The van der Waals surface area contributed by atoms with Gasteiger partial charge in [-0.25, -0.2) is 8.78 Å². The van der Waals surface area contributed by atoms with E-state index in [2.05, 4.69) is 0 Å². The van der Waals surface area contributed by atoms with E-state index >= 15 is 0 Å². The quantitative estimate of drug-likeness (QED) is 0.639. The highest BCUT2D eigenvalue weighted by Crippen LogP contribution is 2.44. The smallest absolute Gasteiger partial charge is 0.201 e. The van der Waals surface area contributed by atoms with Gasteiger partial charge in [-0.05, 0) is 12.1 Å². The summed E-state index contributed by atoms with van der Waals surface area (Å²) in [4.78, 5) is 0.615. The zero-order valence-electron chi connectivity index (χ0n) is 6.69. The molecule has 0 saturated carbocycles. The minimum Gasteiger partial charge on any atom is -0.201 e. The Labute approximate surface area is 84.3 Å². The van der Waals surface area contributed by atoms with Crippen LogP contribution in [0.5, 0.6) is 0 Å². The normalized spacial score (nSPS) is 19.6. The van der Waals surface area contributed by atoms with Crippen LogP contribution in [-0.2, 0) is 5.92 Å². The van der Waals surface area contributed by atoms with E-state index in [-0.39, 0.29) is 12.0 Å². The van der Waals surface area contributed by atoms with Crippen LogP contribution >= 0.6 is 23.4 Å². The first-order valence-electron chi connectivity index (χ1n) is 3.90. The Balaban J connectivity index is 2.53. The molecule has 4 heteroatoms. The van der Waals surface area contributed by atoms with Crippen molar-refractivity contribution in [2.45, 2.75) is 17.2 Å². The van der Waals surface area contributed by atoms with E-state index in [0.29, 0.717) is 15.7 Å². The average molecular weight is 221 g/mol. The van der Waals surface area contributed by atoms with Crippen molar-refractivity contribution in [1.29, 1.82) is 0 Å². The van der Waals surface area contributed by atoms with Gasteiger partial charge in [-0.3, -0.25) is 0 Å². The van der Waals surface area contributed by atoms with E-state index in [4.69, 9.17) is 11.6 Å². The molecular weight excluding hydrogens is 214 g/mol. The van der Waals surface area contributed by atoms with Crippen molar-refractivity contribution < 1.29 is 8.78 Å². The molecule has 1 aliphatic heterocycles. The fourth-order valence-corrected chi connectivity index (χ4v) is 2.74. The van der Waals surface area contributed by atoms with Gasteiger partial charge < -0.3 is 0 Å². The van der Waals surface area contributed by atoms with Crippen molar-refractivity contribution in [3.8, 4) is 0 Å². The molecule has 0 N–H and O–H groups in total. The van der Waals surface area contributed by atoms with Crippen molar-refractivity contribution in [2.75, 3.05) is 5.75 Å². The van der Waals surface area contributed by atoms with Crippen LogP contribution in [0.4, 0.5) is 8.78 Å². The van der Waals surface area contributed by atoms with E-state index in [9.17, 15) is 8.78 Å². The molecule has 1 aromatic rings. The van der Waals surface area contributed by atoms with Crippen molar-refractivity contribution in [1.82, 2.24) is 0 Å². The third-order valence-corrected chi connectivity index (χ3v) is 3.30. The van der Waals surface area contributed by atoms with E-state index in [1.165, 1.54) is 23.9 Å². The molecule has 0 amide bonds. The zero-order chi connectivity index (χ0) is 9.47. The summed E-state index contributed by atoms with van der Waals surface area (Å²) in [7, 11) is 0. The Morgan fingerprint density at radius 3 is 2.92 bits per heavy atom. The summed E-state index contributed by atoms with van der Waals surface area (Å²) in [5.74, 6) is -2.22. The maximum absolute atomic E-state index is 13.3. The predicted octanol–water partition coefficient (Wildman–Crippen LogP) is 3.93. The largest absolute Gasteiger partial charge is 0.275 e. The fraction of sp³-hybridized carbons (Fsp3) is 0.333. The number of alkyl halides is 2. The molecule has 1 heterocycles. The minimum absolute atomic E-state index is 0.0771. The highest BCUT2D eigenvalue weighted by Gasteiger charge is 2.36. The highest BCUT2D eigenvalue weighted by molar-refractivity contribution is 7.99. The zero-order valence-corrected chi connectivity index (χ0v) is 8.26. The molecule has 0 atom stereocenters. The van der Waals surface area contributed by atoms with Gasteiger partial charge in [-0.15, -0.1) is 11.8 Å². The topological polar surface area (TPSA) is 0 Å². The number of hydrogen-bond acceptors (Lipinski definition) is 1. The monoisotopic (exact) mass is 220 g/mol. The van der Waals surface area contributed by atoms with Crippen molar-refractivity contribution in [2.24, 2.45) is 0 Å². The lowest BCUT2D eigenvalue weighted by molar-refractivity contribution is -0.0115. The molecule has 0 spiro atoms. The lowest BCUT2D eigenvalue weighted by Gasteiger charge is -2.24. The van der Waals surface area contributed by atoms with Crippen LogP contribution in [0, 0.1) is 0 Å². The molecule has 2 rings (SSSR count). The first kappa shape index (κ1) is 9.28. The summed E-state index contributed by atoms with van der Waals surface area (Å²) in [5, 5.41) is 0.518. The van der Waals surface area contributed by atoms with Crippen LogP contribution < -0.4 is 0 Å². The Morgan fingerprint density at radius 2 is 2.15 bits per heavy atom. The van der Waals surface area contributed by atoms with E-state index in [0.717, 1.165) is 0 Å². The summed E-state index contributed by atoms with van der Waals surface area (Å²) >= 11 is 7.15. The molecule has 1 aromatic carbocycles. The number of thioether (sulfide) groups is 1. The second kappa shape index (κ2) is 3.14. The Bertz CT molecular complexity index is 338. The number of hydrogen-bond donors (Lipinski definition) is 0. The van der Waals surface area contributed by atoms with Crippen LogP contribution in [0.1, 0.15) is 12.0 Å². The van der Waals surface area contributed by atoms with Gasteiger partial charge in [-0.2, -0.15) is 0 Å². The Morgan fingerprint density at radius 1 is 1.38 bits per heavy atom. The number of fused-ring (bicyclic) bond motifs is 1. The minimum atomic E-state index is -2.68. The van der Waals surface area contributed by atoms with Crippen LogP contribution in [0.15, 0.2) is 23.1 Å². The lowest BCUT2D eigenvalue weighted by atomic mass is 10.1. The molecular formula is C9H7ClF2S. The molecule has 13 heavy (non-hydrogen) atoms. The van der Waals surface area contributed by atoms with Crippen LogP contribution in [0.2, 0.25) is 5.02 Å². The maximum Gasteiger partial charge on any atom is 0.275 e. The lowest BCUT2D eigenvalue weighted by Crippen LogP contribution is -2.19. The van der Waals surface area contributed by atoms with Gasteiger partial charge in [0.15, 0.2) is 0 Å². The van der Waals surface area contributed by atoms with Crippen molar-refractivity contribution in [3.05, 3.63) is 28.8 Å². The van der Waals surface area contributed by atoms with Gasteiger partial charge in [0.2, 0.25) is 0 Å². The first-order chi connectivity index (χ1) is 6.09. The second-order valence-electron chi connectivity index (χ2n) is 2.94. The average Bonchev–Trinajstić information content (AvgIpc) is 2.02. The number of halogens is 3. The van der Waals surface area contributed by atoms with Gasteiger partial charge >= 0.3 is 0 Å². The molecule has 0 unspecified atom stereocenters. The van der Waals surface area contributed by atoms with Gasteiger partial charge in [0, 0.05) is 27.7 Å². The van der Waals surface area contributed by atoms with Crippen molar-refractivity contribution in [3.63, 3.8) is 0 Å². The SMILES string of the molecule is FC1(F)CCSc2cc(Cl)ccc21. The number of rotatable bonds is 0. The maximum atomic E-state index is 13.3. The molecule has 0 fully saturated rings. The van der Waals surface area contributed by atoms with Gasteiger partial charge in [0.1, 0.15) is 0 Å². The third-order valence-electron chi connectivity index (χ3n) is 2.01. The molecule has 0 radical (unpaired) electrons.